The zero-order valence-corrected chi connectivity index (χ0v) is 9.05. The molecule has 0 radical (unpaired) electrons. The first-order chi connectivity index (χ1) is 6.05. The van der Waals surface area contributed by atoms with Gasteiger partial charge in [-0.2, -0.15) is 0 Å². The Morgan fingerprint density at radius 3 is 2.46 bits per heavy atom. The lowest BCUT2D eigenvalue weighted by molar-refractivity contribution is -0.124. The van der Waals surface area contributed by atoms with Gasteiger partial charge in [-0.15, -0.1) is 0 Å². The Labute approximate surface area is 81.3 Å². The molecule has 0 aromatic carbocycles. The first-order valence-electron chi connectivity index (χ1n) is 5.34. The Morgan fingerprint density at radius 2 is 1.92 bits per heavy atom. The van der Waals surface area contributed by atoms with E-state index in [1.54, 1.807) is 0 Å². The minimum absolute atomic E-state index is 0.107. The molecule has 0 amide bonds. The van der Waals surface area contributed by atoms with Gasteiger partial charge in [0, 0.05) is 0 Å². The number of hydrogen-bond donors (Lipinski definition) is 1. The third kappa shape index (κ3) is 3.28. The third-order valence-electron chi connectivity index (χ3n) is 2.88. The van der Waals surface area contributed by atoms with E-state index in [4.69, 9.17) is 9.84 Å². The molecule has 0 spiro atoms. The van der Waals surface area contributed by atoms with Gasteiger partial charge in [0.25, 0.3) is 0 Å². The van der Waals surface area contributed by atoms with Crippen LogP contribution in [0, 0.1) is 5.92 Å². The highest BCUT2D eigenvalue weighted by Gasteiger charge is 2.28. The normalized spacial score (nSPS) is 30.5. The van der Waals surface area contributed by atoms with Crippen molar-refractivity contribution in [3.63, 3.8) is 0 Å². The highest BCUT2D eigenvalue weighted by molar-refractivity contribution is 4.77. The maximum absolute atomic E-state index is 9.09. The van der Waals surface area contributed by atoms with Crippen LogP contribution in [0.5, 0.6) is 0 Å². The van der Waals surface area contributed by atoms with Crippen molar-refractivity contribution in [1.29, 1.82) is 0 Å². The second-order valence-corrected chi connectivity index (χ2v) is 4.84. The molecule has 0 aromatic rings. The maximum Gasteiger partial charge on any atom is 0.0860 e. The van der Waals surface area contributed by atoms with E-state index < -0.39 is 0 Å². The highest BCUT2D eigenvalue weighted by atomic mass is 16.5. The Kier molecular flexibility index (Phi) is 3.74. The van der Waals surface area contributed by atoms with Crippen LogP contribution in [0.3, 0.4) is 0 Å². The van der Waals surface area contributed by atoms with E-state index in [0.29, 0.717) is 12.0 Å². The summed E-state index contributed by atoms with van der Waals surface area (Å²) in [4.78, 5) is 0. The molecule has 0 saturated heterocycles. The molecule has 2 unspecified atom stereocenters. The second-order valence-electron chi connectivity index (χ2n) is 4.84. The average molecular weight is 186 g/mol. The van der Waals surface area contributed by atoms with Gasteiger partial charge in [0.2, 0.25) is 0 Å². The van der Waals surface area contributed by atoms with Crippen molar-refractivity contribution >= 4 is 0 Å². The van der Waals surface area contributed by atoms with E-state index in [-0.39, 0.29) is 12.2 Å². The lowest BCUT2D eigenvalue weighted by atomic mass is 9.87. The molecule has 1 aliphatic rings. The Morgan fingerprint density at radius 1 is 1.31 bits per heavy atom. The van der Waals surface area contributed by atoms with Crippen molar-refractivity contribution in [3.05, 3.63) is 0 Å². The number of aliphatic hydroxyl groups is 1. The molecule has 2 heteroatoms. The van der Waals surface area contributed by atoms with Crippen molar-refractivity contribution in [1.82, 2.24) is 0 Å². The molecular weight excluding hydrogens is 164 g/mol. The number of hydrogen-bond acceptors (Lipinski definition) is 2. The minimum Gasteiger partial charge on any atom is -0.393 e. The minimum atomic E-state index is -0.365. The Bertz CT molecular complexity index is 154. The van der Waals surface area contributed by atoms with Crippen LogP contribution < -0.4 is 0 Å². The lowest BCUT2D eigenvalue weighted by Crippen LogP contribution is -2.38. The molecule has 78 valence electrons. The molecular formula is C11H22O2. The Balaban J connectivity index is 2.42. The van der Waals surface area contributed by atoms with E-state index >= 15 is 0 Å². The van der Waals surface area contributed by atoms with Crippen molar-refractivity contribution in [2.45, 2.75) is 58.2 Å². The fourth-order valence-electron chi connectivity index (χ4n) is 1.90. The number of aliphatic hydroxyl groups excluding tert-OH is 1. The smallest absolute Gasteiger partial charge is 0.0860 e. The SMILES string of the molecule is CC1CCCCC1OC(C)(C)CO. The van der Waals surface area contributed by atoms with Crippen LogP contribution in [0.1, 0.15) is 46.5 Å². The average Bonchev–Trinajstić information content (AvgIpc) is 2.09. The van der Waals surface area contributed by atoms with Crippen molar-refractivity contribution in [2.24, 2.45) is 5.92 Å². The molecule has 0 heterocycles. The maximum atomic E-state index is 9.09. The first-order valence-corrected chi connectivity index (χ1v) is 5.34. The van der Waals surface area contributed by atoms with Gasteiger partial charge in [-0.3, -0.25) is 0 Å². The lowest BCUT2D eigenvalue weighted by Gasteiger charge is -2.35. The largest absolute Gasteiger partial charge is 0.393 e. The van der Waals surface area contributed by atoms with Gasteiger partial charge >= 0.3 is 0 Å². The molecule has 0 bridgehead atoms. The second kappa shape index (κ2) is 4.43. The van der Waals surface area contributed by atoms with Gasteiger partial charge in [-0.05, 0) is 32.6 Å². The van der Waals surface area contributed by atoms with E-state index in [0.717, 1.165) is 6.42 Å². The van der Waals surface area contributed by atoms with Crippen molar-refractivity contribution < 1.29 is 9.84 Å². The van der Waals surface area contributed by atoms with Crippen LogP contribution in [-0.2, 0) is 4.74 Å². The Hall–Kier alpha value is -0.0800. The molecule has 1 N–H and O–H groups in total. The van der Waals surface area contributed by atoms with Crippen LogP contribution in [0.15, 0.2) is 0 Å². The molecule has 1 saturated carbocycles. The van der Waals surface area contributed by atoms with Crippen LogP contribution in [0.2, 0.25) is 0 Å². The number of rotatable bonds is 3. The fraction of sp³-hybridized carbons (Fsp3) is 1.00. The standard InChI is InChI=1S/C11H22O2/c1-9-6-4-5-7-10(9)13-11(2,3)8-12/h9-10,12H,4-8H2,1-3H3. The van der Waals surface area contributed by atoms with Gasteiger partial charge in [-0.1, -0.05) is 19.8 Å². The molecule has 0 aromatic heterocycles. The quantitative estimate of drug-likeness (QED) is 0.733. The van der Waals surface area contributed by atoms with Crippen molar-refractivity contribution in [3.8, 4) is 0 Å². The summed E-state index contributed by atoms with van der Waals surface area (Å²) >= 11 is 0. The zero-order valence-electron chi connectivity index (χ0n) is 9.05. The van der Waals surface area contributed by atoms with Gasteiger partial charge in [-0.25, -0.2) is 0 Å². The molecule has 1 aliphatic carbocycles. The summed E-state index contributed by atoms with van der Waals surface area (Å²) in [5.41, 5.74) is -0.365. The molecule has 1 rings (SSSR count). The first kappa shape index (κ1) is 11.0. The van der Waals surface area contributed by atoms with Crippen LogP contribution in [-0.4, -0.2) is 23.4 Å². The summed E-state index contributed by atoms with van der Waals surface area (Å²) in [6.07, 6.45) is 5.39. The topological polar surface area (TPSA) is 29.5 Å². The predicted octanol–water partition coefficient (Wildman–Crippen LogP) is 2.35. The van der Waals surface area contributed by atoms with Crippen LogP contribution >= 0.6 is 0 Å². The van der Waals surface area contributed by atoms with Crippen LogP contribution in [0.4, 0.5) is 0 Å². The van der Waals surface area contributed by atoms with Crippen molar-refractivity contribution in [2.75, 3.05) is 6.61 Å². The van der Waals surface area contributed by atoms with E-state index in [2.05, 4.69) is 6.92 Å². The third-order valence-corrected chi connectivity index (χ3v) is 2.88. The summed E-state index contributed by atoms with van der Waals surface area (Å²) in [6, 6.07) is 0. The summed E-state index contributed by atoms with van der Waals surface area (Å²) < 4.78 is 5.89. The fourth-order valence-corrected chi connectivity index (χ4v) is 1.90. The van der Waals surface area contributed by atoms with Gasteiger partial charge in [0.15, 0.2) is 0 Å². The van der Waals surface area contributed by atoms with Gasteiger partial charge < -0.3 is 9.84 Å². The van der Waals surface area contributed by atoms with E-state index in [1.807, 2.05) is 13.8 Å². The van der Waals surface area contributed by atoms with E-state index in [1.165, 1.54) is 19.3 Å². The summed E-state index contributed by atoms with van der Waals surface area (Å²) in [5.74, 6) is 0.652. The highest BCUT2D eigenvalue weighted by Crippen LogP contribution is 2.29. The predicted molar refractivity (Wildman–Crippen MR) is 53.7 cm³/mol. The van der Waals surface area contributed by atoms with Gasteiger partial charge in [0.05, 0.1) is 18.3 Å². The molecule has 1 fully saturated rings. The van der Waals surface area contributed by atoms with Crippen LogP contribution in [0.25, 0.3) is 0 Å². The summed E-state index contributed by atoms with van der Waals surface area (Å²) in [6.45, 7) is 6.26. The molecule has 13 heavy (non-hydrogen) atoms. The monoisotopic (exact) mass is 186 g/mol. The number of ether oxygens (including phenoxy) is 1. The summed E-state index contributed by atoms with van der Waals surface area (Å²) in [5, 5.41) is 9.09. The van der Waals surface area contributed by atoms with E-state index in [9.17, 15) is 0 Å². The molecule has 0 aliphatic heterocycles. The molecule has 2 nitrogen and oxygen atoms in total. The molecule has 2 atom stereocenters. The summed E-state index contributed by atoms with van der Waals surface area (Å²) in [7, 11) is 0. The van der Waals surface area contributed by atoms with Gasteiger partial charge in [0.1, 0.15) is 0 Å². The zero-order chi connectivity index (χ0) is 9.90.